The molecule has 35 heavy (non-hydrogen) atoms. The lowest BCUT2D eigenvalue weighted by Crippen LogP contribution is -2.43. The number of aryl methyl sites for hydroxylation is 1. The second-order valence-electron chi connectivity index (χ2n) is 9.23. The van der Waals surface area contributed by atoms with E-state index in [4.69, 9.17) is 4.74 Å². The molecule has 1 aliphatic carbocycles. The summed E-state index contributed by atoms with van der Waals surface area (Å²) >= 11 is 1.67. The highest BCUT2D eigenvalue weighted by Crippen LogP contribution is 2.48. The molecule has 4 rings (SSSR count). The molecule has 2 amide bonds. The molecule has 2 aromatic carbocycles. The van der Waals surface area contributed by atoms with Gasteiger partial charge in [-0.2, -0.15) is 0 Å². The van der Waals surface area contributed by atoms with Crippen molar-refractivity contribution >= 4 is 23.2 Å². The van der Waals surface area contributed by atoms with Gasteiger partial charge in [0.05, 0.1) is 13.1 Å². The van der Waals surface area contributed by atoms with Crippen LogP contribution in [-0.4, -0.2) is 48.4 Å². The maximum atomic E-state index is 13.6. The highest BCUT2D eigenvalue weighted by molar-refractivity contribution is 7.10. The third kappa shape index (κ3) is 6.80. The third-order valence-corrected chi connectivity index (χ3v) is 7.63. The first-order chi connectivity index (χ1) is 17.1. The number of carbonyl (C=O) groups is 2. The van der Waals surface area contributed by atoms with E-state index in [0.717, 1.165) is 12.0 Å². The molecule has 0 radical (unpaired) electrons. The van der Waals surface area contributed by atoms with Crippen molar-refractivity contribution in [3.63, 3.8) is 0 Å². The van der Waals surface area contributed by atoms with Gasteiger partial charge in [0, 0.05) is 37.6 Å². The average molecular weight is 491 g/mol. The molecular formula is C29H34N2O3S. The van der Waals surface area contributed by atoms with E-state index in [1.54, 1.807) is 23.3 Å². The molecule has 0 spiro atoms. The molecule has 0 aliphatic heterocycles. The van der Waals surface area contributed by atoms with Gasteiger partial charge in [-0.3, -0.25) is 9.59 Å². The van der Waals surface area contributed by atoms with Crippen molar-refractivity contribution < 1.29 is 14.3 Å². The Morgan fingerprint density at radius 1 is 0.971 bits per heavy atom. The predicted molar refractivity (Wildman–Crippen MR) is 140 cm³/mol. The minimum Gasteiger partial charge on any atom is -0.385 e. The van der Waals surface area contributed by atoms with E-state index >= 15 is 0 Å². The maximum Gasteiger partial charge on any atom is 0.242 e. The molecule has 1 saturated carbocycles. The van der Waals surface area contributed by atoms with Gasteiger partial charge in [0.1, 0.15) is 0 Å². The summed E-state index contributed by atoms with van der Waals surface area (Å²) in [6, 6.07) is 22.3. The summed E-state index contributed by atoms with van der Waals surface area (Å²) in [4.78, 5) is 31.9. The molecule has 0 saturated heterocycles. The van der Waals surface area contributed by atoms with Crippen LogP contribution in [0.5, 0.6) is 0 Å². The van der Waals surface area contributed by atoms with Crippen molar-refractivity contribution in [3.05, 3.63) is 93.7 Å². The molecule has 2 atom stereocenters. The van der Waals surface area contributed by atoms with Crippen LogP contribution in [0.1, 0.15) is 40.3 Å². The Labute approximate surface area is 212 Å². The van der Waals surface area contributed by atoms with Crippen molar-refractivity contribution in [2.24, 2.45) is 5.92 Å². The van der Waals surface area contributed by atoms with Gasteiger partial charge in [-0.1, -0.05) is 60.7 Å². The molecule has 1 fully saturated rings. The number of methoxy groups -OCH3 is 1. The van der Waals surface area contributed by atoms with Crippen molar-refractivity contribution in [3.8, 4) is 0 Å². The van der Waals surface area contributed by atoms with Crippen LogP contribution < -0.4 is 0 Å². The molecule has 0 bridgehead atoms. The lowest BCUT2D eigenvalue weighted by molar-refractivity contribution is -0.142. The Hall–Kier alpha value is -2.96. The summed E-state index contributed by atoms with van der Waals surface area (Å²) in [6.07, 6.45) is 1.56. The molecule has 3 aromatic rings. The number of thiophene rings is 1. The summed E-state index contributed by atoms with van der Waals surface area (Å²) in [5, 5.41) is 2.06. The van der Waals surface area contributed by atoms with Crippen molar-refractivity contribution in [1.82, 2.24) is 9.80 Å². The normalized spacial score (nSPS) is 16.6. The first-order valence-electron chi connectivity index (χ1n) is 12.2. The van der Waals surface area contributed by atoms with E-state index in [1.807, 2.05) is 53.4 Å². The Balaban J connectivity index is 1.48. The SMILES string of the molecule is COCCCN(CC(=O)N(Cc1ccccc1)Cc1sccc1C)C(=O)C1CC1c1ccccc1. The average Bonchev–Trinajstić information content (AvgIpc) is 3.59. The third-order valence-electron chi connectivity index (χ3n) is 6.62. The largest absolute Gasteiger partial charge is 0.385 e. The van der Waals surface area contributed by atoms with Gasteiger partial charge >= 0.3 is 0 Å². The summed E-state index contributed by atoms with van der Waals surface area (Å²) in [5.41, 5.74) is 3.48. The highest BCUT2D eigenvalue weighted by Gasteiger charge is 2.46. The number of carbonyl (C=O) groups excluding carboxylic acids is 2. The highest BCUT2D eigenvalue weighted by atomic mass is 32.1. The zero-order chi connectivity index (χ0) is 24.6. The Bertz CT molecular complexity index is 1100. The van der Waals surface area contributed by atoms with Gasteiger partial charge in [0.25, 0.3) is 0 Å². The van der Waals surface area contributed by atoms with E-state index in [2.05, 4.69) is 30.5 Å². The molecule has 184 valence electrons. The number of hydrogen-bond donors (Lipinski definition) is 0. The van der Waals surface area contributed by atoms with E-state index in [9.17, 15) is 9.59 Å². The van der Waals surface area contributed by atoms with Crippen LogP contribution in [-0.2, 0) is 27.4 Å². The lowest BCUT2D eigenvalue weighted by Gasteiger charge is -2.28. The fourth-order valence-electron chi connectivity index (χ4n) is 4.48. The molecule has 2 unspecified atom stereocenters. The molecule has 1 aromatic heterocycles. The molecular weight excluding hydrogens is 456 g/mol. The fraction of sp³-hybridized carbons (Fsp3) is 0.379. The first-order valence-corrected chi connectivity index (χ1v) is 13.1. The minimum absolute atomic E-state index is 0.0238. The zero-order valence-corrected chi connectivity index (χ0v) is 21.4. The Morgan fingerprint density at radius 2 is 1.69 bits per heavy atom. The summed E-state index contributed by atoms with van der Waals surface area (Å²) < 4.78 is 5.22. The Kier molecular flexibility index (Phi) is 8.72. The van der Waals surface area contributed by atoms with Crippen LogP contribution in [0.15, 0.2) is 72.1 Å². The molecule has 5 nitrogen and oxygen atoms in total. The van der Waals surface area contributed by atoms with Crippen molar-refractivity contribution in [2.45, 2.75) is 38.8 Å². The van der Waals surface area contributed by atoms with Crippen LogP contribution in [0, 0.1) is 12.8 Å². The number of amides is 2. The van der Waals surface area contributed by atoms with Crippen molar-refractivity contribution in [1.29, 1.82) is 0 Å². The van der Waals surface area contributed by atoms with Gasteiger partial charge in [-0.15, -0.1) is 11.3 Å². The van der Waals surface area contributed by atoms with E-state index < -0.39 is 0 Å². The van der Waals surface area contributed by atoms with Gasteiger partial charge in [-0.25, -0.2) is 0 Å². The zero-order valence-electron chi connectivity index (χ0n) is 20.6. The summed E-state index contributed by atoms with van der Waals surface area (Å²) in [6.45, 7) is 4.33. The monoisotopic (exact) mass is 490 g/mol. The van der Waals surface area contributed by atoms with E-state index in [0.29, 0.717) is 32.7 Å². The number of nitrogens with zero attached hydrogens (tertiary/aromatic N) is 2. The molecule has 1 aliphatic rings. The first kappa shape index (κ1) is 25.1. The van der Waals surface area contributed by atoms with Gasteiger partial charge in [0.2, 0.25) is 11.8 Å². The van der Waals surface area contributed by atoms with Crippen LogP contribution >= 0.6 is 11.3 Å². The van der Waals surface area contributed by atoms with Crippen LogP contribution in [0.2, 0.25) is 0 Å². The van der Waals surface area contributed by atoms with E-state index in [-0.39, 0.29) is 30.2 Å². The van der Waals surface area contributed by atoms with E-state index in [1.165, 1.54) is 16.0 Å². The number of rotatable bonds is 12. The number of ether oxygens (including phenoxy) is 1. The topological polar surface area (TPSA) is 49.9 Å². The molecule has 0 N–H and O–H groups in total. The molecule has 1 heterocycles. The summed E-state index contributed by atoms with van der Waals surface area (Å²) in [7, 11) is 1.66. The second kappa shape index (κ2) is 12.1. The second-order valence-corrected chi connectivity index (χ2v) is 10.2. The smallest absolute Gasteiger partial charge is 0.242 e. The lowest BCUT2D eigenvalue weighted by atomic mass is 10.1. The molecule has 6 heteroatoms. The van der Waals surface area contributed by atoms with Crippen LogP contribution in [0.4, 0.5) is 0 Å². The maximum absolute atomic E-state index is 13.6. The Morgan fingerprint density at radius 3 is 2.34 bits per heavy atom. The number of benzene rings is 2. The fourth-order valence-corrected chi connectivity index (χ4v) is 5.40. The standard InChI is InChI=1S/C29H34N2O3S/c1-22-14-17-35-27(22)20-31(19-23-10-5-3-6-11-23)28(32)21-30(15-9-16-34-2)29(33)26-18-25(26)24-12-7-4-8-13-24/h3-8,10-14,17,25-26H,9,15-16,18-21H2,1-2H3. The van der Waals surface area contributed by atoms with Gasteiger partial charge in [0.15, 0.2) is 0 Å². The van der Waals surface area contributed by atoms with Crippen molar-refractivity contribution in [2.75, 3.05) is 26.8 Å². The number of hydrogen-bond acceptors (Lipinski definition) is 4. The van der Waals surface area contributed by atoms with Gasteiger partial charge < -0.3 is 14.5 Å². The minimum atomic E-state index is -0.0464. The predicted octanol–water partition coefficient (Wildman–Crippen LogP) is 5.25. The van der Waals surface area contributed by atoms with Gasteiger partial charge in [-0.05, 0) is 53.8 Å². The quantitative estimate of drug-likeness (QED) is 0.326. The van der Waals surface area contributed by atoms with Crippen LogP contribution in [0.3, 0.4) is 0 Å². The van der Waals surface area contributed by atoms with Crippen LogP contribution in [0.25, 0.3) is 0 Å². The summed E-state index contributed by atoms with van der Waals surface area (Å²) in [5.74, 6) is 0.257.